The largest absolute Gasteiger partial charge is 0.490 e. The quantitative estimate of drug-likeness (QED) is 0.357. The molecule has 0 saturated carbocycles. The standard InChI is InChI=1S/C23H20F3NO5S2/c1-3-16(21(29)30)32-17-9-8-13(10-18(17)31-4-2)11-19-20(28)27(22(33)34-19)15-7-5-6-14(12-15)23(24,25)26/h5-12,16H,3-4H2,1-2H3,(H,29,30)/b19-11+. The SMILES string of the molecule is CCOc1cc(/C=C2/SC(=S)N(c3cccc(C(F)(F)F)c3)C2=O)ccc1OC(CC)C(=O)O. The number of thioether (sulfide) groups is 1. The number of aliphatic carboxylic acids is 1. The Morgan fingerprint density at radius 2 is 1.94 bits per heavy atom. The molecule has 34 heavy (non-hydrogen) atoms. The zero-order chi connectivity index (χ0) is 25.0. The van der Waals surface area contributed by atoms with Crippen LogP contribution in [0.15, 0.2) is 47.4 Å². The first-order valence-electron chi connectivity index (χ1n) is 10.2. The minimum atomic E-state index is -4.55. The van der Waals surface area contributed by atoms with Crippen molar-refractivity contribution in [1.82, 2.24) is 0 Å². The van der Waals surface area contributed by atoms with E-state index in [1.807, 2.05) is 0 Å². The molecule has 3 rings (SSSR count). The molecule has 1 fully saturated rings. The number of halogens is 3. The van der Waals surface area contributed by atoms with Crippen LogP contribution in [0, 0.1) is 0 Å². The van der Waals surface area contributed by atoms with Gasteiger partial charge in [0, 0.05) is 0 Å². The number of amides is 1. The summed E-state index contributed by atoms with van der Waals surface area (Å²) in [5, 5.41) is 9.24. The number of hydrogen-bond donors (Lipinski definition) is 1. The maximum absolute atomic E-state index is 13.1. The van der Waals surface area contributed by atoms with Crippen molar-refractivity contribution in [2.45, 2.75) is 32.5 Å². The van der Waals surface area contributed by atoms with Crippen LogP contribution in [-0.2, 0) is 15.8 Å². The van der Waals surface area contributed by atoms with Crippen molar-refractivity contribution in [2.75, 3.05) is 11.5 Å². The van der Waals surface area contributed by atoms with E-state index in [0.717, 1.165) is 28.8 Å². The van der Waals surface area contributed by atoms with Gasteiger partial charge in [-0.1, -0.05) is 43.0 Å². The van der Waals surface area contributed by atoms with Crippen molar-refractivity contribution in [1.29, 1.82) is 0 Å². The van der Waals surface area contributed by atoms with Gasteiger partial charge in [0.05, 0.1) is 22.8 Å². The summed E-state index contributed by atoms with van der Waals surface area (Å²) in [4.78, 5) is 25.5. The maximum atomic E-state index is 13.1. The first-order chi connectivity index (χ1) is 16.0. The van der Waals surface area contributed by atoms with E-state index >= 15 is 0 Å². The molecule has 1 amide bonds. The highest BCUT2D eigenvalue weighted by Gasteiger charge is 2.36. The number of carboxylic acid groups (broad SMARTS) is 1. The first-order valence-corrected chi connectivity index (χ1v) is 11.4. The molecule has 0 aromatic heterocycles. The third-order valence-corrected chi connectivity index (χ3v) is 6.01. The highest BCUT2D eigenvalue weighted by molar-refractivity contribution is 8.27. The molecule has 2 aromatic rings. The summed E-state index contributed by atoms with van der Waals surface area (Å²) >= 11 is 6.21. The van der Waals surface area contributed by atoms with E-state index in [1.165, 1.54) is 24.3 Å². The molecule has 0 bridgehead atoms. The Morgan fingerprint density at radius 1 is 1.21 bits per heavy atom. The molecule has 6 nitrogen and oxygen atoms in total. The minimum Gasteiger partial charge on any atom is -0.490 e. The topological polar surface area (TPSA) is 76.1 Å². The molecular formula is C23H20F3NO5S2. The molecule has 0 radical (unpaired) electrons. The fourth-order valence-corrected chi connectivity index (χ4v) is 4.40. The summed E-state index contributed by atoms with van der Waals surface area (Å²) in [5.74, 6) is -1.12. The zero-order valence-electron chi connectivity index (χ0n) is 18.1. The number of hydrogen-bond acceptors (Lipinski definition) is 6. The van der Waals surface area contributed by atoms with Gasteiger partial charge in [0.15, 0.2) is 21.9 Å². The third kappa shape index (κ3) is 5.71. The van der Waals surface area contributed by atoms with Gasteiger partial charge in [-0.3, -0.25) is 9.69 Å². The molecule has 1 atom stereocenters. The summed E-state index contributed by atoms with van der Waals surface area (Å²) in [7, 11) is 0. The van der Waals surface area contributed by atoms with Crippen molar-refractivity contribution in [2.24, 2.45) is 0 Å². The fourth-order valence-electron chi connectivity index (χ4n) is 3.10. The van der Waals surface area contributed by atoms with Crippen LogP contribution in [0.5, 0.6) is 11.5 Å². The van der Waals surface area contributed by atoms with Crippen LogP contribution in [-0.4, -0.2) is 34.0 Å². The number of rotatable bonds is 8. The Morgan fingerprint density at radius 3 is 2.56 bits per heavy atom. The van der Waals surface area contributed by atoms with E-state index in [1.54, 1.807) is 26.0 Å². The summed E-state index contributed by atoms with van der Waals surface area (Å²) < 4.78 is 50.5. The first kappa shape index (κ1) is 25.6. The van der Waals surface area contributed by atoms with Gasteiger partial charge in [0.2, 0.25) is 0 Å². The van der Waals surface area contributed by atoms with Gasteiger partial charge in [0.25, 0.3) is 5.91 Å². The Labute approximate surface area is 203 Å². The smallest absolute Gasteiger partial charge is 0.416 e. The van der Waals surface area contributed by atoms with E-state index in [-0.39, 0.29) is 27.1 Å². The molecule has 1 saturated heterocycles. The number of anilines is 1. The second kappa shape index (κ2) is 10.5. The number of benzene rings is 2. The van der Waals surface area contributed by atoms with Crippen LogP contribution in [0.25, 0.3) is 6.08 Å². The molecule has 1 N–H and O–H groups in total. The Kier molecular flexibility index (Phi) is 7.88. The summed E-state index contributed by atoms with van der Waals surface area (Å²) in [6, 6.07) is 9.13. The van der Waals surface area contributed by atoms with Crippen molar-refractivity contribution >= 4 is 51.9 Å². The van der Waals surface area contributed by atoms with Crippen molar-refractivity contribution in [3.8, 4) is 11.5 Å². The molecule has 11 heteroatoms. The molecule has 0 aliphatic carbocycles. The van der Waals surface area contributed by atoms with Gasteiger partial charge >= 0.3 is 12.1 Å². The number of carboxylic acids is 1. The number of thiocarbonyl (C=S) groups is 1. The lowest BCUT2D eigenvalue weighted by molar-refractivity contribution is -0.145. The molecular weight excluding hydrogens is 491 g/mol. The molecule has 180 valence electrons. The fraction of sp³-hybridized carbons (Fsp3) is 0.261. The van der Waals surface area contributed by atoms with Gasteiger partial charge < -0.3 is 14.6 Å². The molecule has 2 aromatic carbocycles. The summed E-state index contributed by atoms with van der Waals surface area (Å²) in [5.41, 5.74) is -0.311. The summed E-state index contributed by atoms with van der Waals surface area (Å²) in [6.07, 6.45) is -3.81. The summed E-state index contributed by atoms with van der Waals surface area (Å²) in [6.45, 7) is 3.73. The van der Waals surface area contributed by atoms with E-state index in [0.29, 0.717) is 17.9 Å². The average Bonchev–Trinajstić information content (AvgIpc) is 3.05. The zero-order valence-corrected chi connectivity index (χ0v) is 19.7. The maximum Gasteiger partial charge on any atom is 0.416 e. The van der Waals surface area contributed by atoms with Gasteiger partial charge in [0.1, 0.15) is 0 Å². The van der Waals surface area contributed by atoms with Crippen molar-refractivity contribution < 1.29 is 37.3 Å². The lowest BCUT2D eigenvalue weighted by atomic mass is 10.1. The Balaban J connectivity index is 1.90. The van der Waals surface area contributed by atoms with Crippen molar-refractivity contribution in [3.63, 3.8) is 0 Å². The molecule has 1 unspecified atom stereocenters. The normalized spacial score (nSPS) is 16.1. The molecule has 1 heterocycles. The van der Waals surface area contributed by atoms with E-state index in [2.05, 4.69) is 0 Å². The number of nitrogens with zero attached hydrogens (tertiary/aromatic N) is 1. The van der Waals surface area contributed by atoms with Crippen LogP contribution < -0.4 is 14.4 Å². The van der Waals surface area contributed by atoms with Crippen LogP contribution in [0.4, 0.5) is 18.9 Å². The van der Waals surface area contributed by atoms with E-state index < -0.39 is 29.7 Å². The van der Waals surface area contributed by atoms with Crippen LogP contribution in [0.1, 0.15) is 31.4 Å². The van der Waals surface area contributed by atoms with E-state index in [9.17, 15) is 27.9 Å². The van der Waals surface area contributed by atoms with Crippen LogP contribution >= 0.6 is 24.0 Å². The highest BCUT2D eigenvalue weighted by Crippen LogP contribution is 2.39. The van der Waals surface area contributed by atoms with Crippen LogP contribution in [0.3, 0.4) is 0 Å². The van der Waals surface area contributed by atoms with Gasteiger partial charge in [-0.25, -0.2) is 4.79 Å². The number of carbonyl (C=O) groups is 2. The van der Waals surface area contributed by atoms with Gasteiger partial charge in [-0.2, -0.15) is 13.2 Å². The Bertz CT molecular complexity index is 1150. The lowest BCUT2D eigenvalue weighted by Crippen LogP contribution is -2.27. The molecule has 1 aliphatic rings. The average molecular weight is 512 g/mol. The second-order valence-corrected chi connectivity index (χ2v) is 8.73. The molecule has 0 spiro atoms. The lowest BCUT2D eigenvalue weighted by Gasteiger charge is -2.17. The number of carbonyl (C=O) groups excluding carboxylic acids is 1. The molecule has 1 aliphatic heterocycles. The highest BCUT2D eigenvalue weighted by atomic mass is 32.2. The predicted molar refractivity (Wildman–Crippen MR) is 127 cm³/mol. The number of alkyl halides is 3. The van der Waals surface area contributed by atoms with E-state index in [4.69, 9.17) is 21.7 Å². The minimum absolute atomic E-state index is 0.0266. The Hall–Kier alpha value is -3.05. The van der Waals surface area contributed by atoms with Crippen LogP contribution in [0.2, 0.25) is 0 Å². The predicted octanol–water partition coefficient (Wildman–Crippen LogP) is 5.75. The van der Waals surface area contributed by atoms with Gasteiger partial charge in [-0.05, 0) is 55.3 Å². The monoisotopic (exact) mass is 511 g/mol. The van der Waals surface area contributed by atoms with Crippen molar-refractivity contribution in [3.05, 3.63) is 58.5 Å². The van der Waals surface area contributed by atoms with Gasteiger partial charge in [-0.15, -0.1) is 0 Å². The third-order valence-electron chi connectivity index (χ3n) is 4.71. The number of ether oxygens (including phenoxy) is 2. The second-order valence-electron chi connectivity index (χ2n) is 7.06.